The predicted molar refractivity (Wildman–Crippen MR) is 318 cm³/mol. The zero-order valence-corrected chi connectivity index (χ0v) is 48.8. The van der Waals surface area contributed by atoms with Gasteiger partial charge in [0, 0.05) is 91.9 Å². The number of nitrogens with one attached hydrogen (secondary N) is 1. The van der Waals surface area contributed by atoms with Gasteiger partial charge >= 0.3 is 5.97 Å². The normalized spacial score (nSPS) is 15.6. The summed E-state index contributed by atoms with van der Waals surface area (Å²) in [7, 11) is 8.03. The molecule has 0 bridgehead atoms. The number of rotatable bonds is 28. The fourth-order valence-corrected chi connectivity index (χ4v) is 13.0. The SMILES string of the molecule is CCC(=O)N(C=O)OC(=O)CCCSSC(C)(C)CN(CCOCCOCCOC)c1cc(COc2cc3c(cc2OC)C(=O)N2c4ccccc4C[C@H]2C=N3)cc(COc2cc3c(cc2OC)C(=O)N2c4ccccc4C[C@H]2CN3)c1. The second kappa shape index (κ2) is 27.6. The molecular weight excluding hydrogens is 1090 g/mol. The lowest BCUT2D eigenvalue weighted by Crippen LogP contribution is -2.39. The fourth-order valence-electron chi connectivity index (χ4n) is 10.4. The van der Waals surface area contributed by atoms with E-state index in [1.54, 1.807) is 72.9 Å². The summed E-state index contributed by atoms with van der Waals surface area (Å²) in [5.41, 5.74) is 8.55. The Kier molecular flexibility index (Phi) is 20.0. The van der Waals surface area contributed by atoms with E-state index in [0.717, 1.165) is 45.7 Å². The van der Waals surface area contributed by atoms with E-state index in [9.17, 15) is 24.0 Å². The van der Waals surface area contributed by atoms with Crippen molar-refractivity contribution in [3.05, 3.63) is 124 Å². The van der Waals surface area contributed by atoms with Crippen molar-refractivity contribution in [3.63, 3.8) is 0 Å². The molecule has 9 rings (SSSR count). The smallest absolute Gasteiger partial charge is 0.333 e. The molecule has 19 nitrogen and oxygen atoms in total. The van der Waals surface area contributed by atoms with Crippen LogP contribution in [-0.4, -0.2) is 138 Å². The molecule has 21 heteroatoms. The lowest BCUT2D eigenvalue weighted by atomic mass is 10.1. The largest absolute Gasteiger partial charge is 0.493 e. The molecule has 5 aromatic rings. The first kappa shape index (κ1) is 59.3. The molecule has 4 aliphatic heterocycles. The van der Waals surface area contributed by atoms with Gasteiger partial charge in [-0.2, -0.15) is 0 Å². The third-order valence-corrected chi connectivity index (χ3v) is 17.7. The minimum Gasteiger partial charge on any atom is -0.493 e. The van der Waals surface area contributed by atoms with Crippen molar-refractivity contribution in [2.75, 3.05) is 99.8 Å². The number of amides is 4. The molecule has 0 unspecified atom stereocenters. The molecular formula is C61H70N6O13S2. The van der Waals surface area contributed by atoms with Gasteiger partial charge in [-0.15, -0.1) is 5.06 Å². The Morgan fingerprint density at radius 1 is 0.768 bits per heavy atom. The van der Waals surface area contributed by atoms with E-state index in [1.807, 2.05) is 65.7 Å². The fraction of sp³-hybridized carbons (Fsp3) is 0.410. The molecule has 0 aliphatic carbocycles. The van der Waals surface area contributed by atoms with Crippen LogP contribution in [0.1, 0.15) is 83.0 Å². The summed E-state index contributed by atoms with van der Waals surface area (Å²) in [6, 6.07) is 28.9. The van der Waals surface area contributed by atoms with Crippen LogP contribution in [0, 0.1) is 0 Å². The number of ether oxygens (including phenoxy) is 7. The Morgan fingerprint density at radius 3 is 2.09 bits per heavy atom. The van der Waals surface area contributed by atoms with E-state index in [4.69, 9.17) is 43.0 Å². The second-order valence-electron chi connectivity index (χ2n) is 20.6. The Hall–Kier alpha value is -7.30. The van der Waals surface area contributed by atoms with Gasteiger partial charge in [0.1, 0.15) is 13.2 Å². The maximum atomic E-state index is 14.3. The van der Waals surface area contributed by atoms with Crippen molar-refractivity contribution in [2.24, 2.45) is 4.99 Å². The number of hydrogen-bond donors (Lipinski definition) is 1. The summed E-state index contributed by atoms with van der Waals surface area (Å²) in [4.78, 5) is 80.0. The number of carbonyl (C=O) groups is 5. The van der Waals surface area contributed by atoms with Crippen molar-refractivity contribution >= 4 is 86.3 Å². The van der Waals surface area contributed by atoms with Crippen LogP contribution in [0.2, 0.25) is 0 Å². The Bertz CT molecular complexity index is 3160. The van der Waals surface area contributed by atoms with Crippen molar-refractivity contribution in [1.29, 1.82) is 0 Å². The lowest BCUT2D eigenvalue weighted by molar-refractivity contribution is -0.196. The number of imide groups is 1. The van der Waals surface area contributed by atoms with Gasteiger partial charge in [-0.3, -0.25) is 29.1 Å². The molecule has 82 heavy (non-hydrogen) atoms. The summed E-state index contributed by atoms with van der Waals surface area (Å²) >= 11 is 0. The molecule has 0 fully saturated rings. The minimum atomic E-state index is -0.660. The molecule has 4 aliphatic rings. The lowest BCUT2D eigenvalue weighted by Gasteiger charge is -2.34. The van der Waals surface area contributed by atoms with Gasteiger partial charge < -0.3 is 53.1 Å². The van der Waals surface area contributed by atoms with Gasteiger partial charge in [-0.05, 0) is 91.4 Å². The van der Waals surface area contributed by atoms with E-state index in [1.165, 1.54) is 0 Å². The van der Waals surface area contributed by atoms with Gasteiger partial charge in [0.25, 0.3) is 24.1 Å². The molecule has 5 aromatic carbocycles. The van der Waals surface area contributed by atoms with Gasteiger partial charge in [-0.1, -0.05) is 64.9 Å². The van der Waals surface area contributed by atoms with Crippen LogP contribution in [0.3, 0.4) is 0 Å². The number of hydroxylamine groups is 2. The van der Waals surface area contributed by atoms with Crippen molar-refractivity contribution < 1.29 is 62.0 Å². The molecule has 0 saturated heterocycles. The summed E-state index contributed by atoms with van der Waals surface area (Å²) in [6.07, 6.45) is 3.97. The van der Waals surface area contributed by atoms with Gasteiger partial charge in [-0.25, -0.2) is 4.79 Å². The van der Waals surface area contributed by atoms with Crippen molar-refractivity contribution in [2.45, 2.75) is 82.9 Å². The van der Waals surface area contributed by atoms with Crippen LogP contribution in [0.15, 0.2) is 96.0 Å². The first-order valence-corrected chi connectivity index (χ1v) is 29.7. The number of anilines is 4. The third kappa shape index (κ3) is 14.1. The predicted octanol–water partition coefficient (Wildman–Crippen LogP) is 9.43. The maximum absolute atomic E-state index is 14.3. The molecule has 0 radical (unpaired) electrons. The second-order valence-corrected chi connectivity index (χ2v) is 23.7. The number of hydrogen-bond acceptors (Lipinski definition) is 18. The summed E-state index contributed by atoms with van der Waals surface area (Å²) in [6.45, 7) is 9.84. The first-order valence-electron chi connectivity index (χ1n) is 27.4. The number of para-hydroxylation sites is 2. The number of fused-ring (bicyclic) bond motifs is 8. The first-order chi connectivity index (χ1) is 39.8. The van der Waals surface area contributed by atoms with E-state index in [2.05, 4.69) is 42.3 Å². The maximum Gasteiger partial charge on any atom is 0.333 e. The van der Waals surface area contributed by atoms with Crippen molar-refractivity contribution in [1.82, 2.24) is 5.06 Å². The van der Waals surface area contributed by atoms with Gasteiger partial charge in [0.05, 0.1) is 81.8 Å². The highest BCUT2D eigenvalue weighted by Crippen LogP contribution is 2.44. The molecule has 0 saturated carbocycles. The summed E-state index contributed by atoms with van der Waals surface area (Å²) < 4.78 is 41.7. The van der Waals surface area contributed by atoms with E-state index in [-0.39, 0.29) is 61.1 Å². The number of carbonyl (C=O) groups excluding carboxylic acids is 5. The Labute approximate surface area is 486 Å². The number of aliphatic imine (C=N–C) groups is 1. The third-order valence-electron chi connectivity index (χ3n) is 14.3. The molecule has 4 heterocycles. The number of benzene rings is 5. The zero-order valence-electron chi connectivity index (χ0n) is 47.1. The van der Waals surface area contributed by atoms with Crippen LogP contribution >= 0.6 is 21.6 Å². The molecule has 0 aromatic heterocycles. The van der Waals surface area contributed by atoms with E-state index >= 15 is 0 Å². The Balaban J connectivity index is 0.979. The minimum absolute atomic E-state index is 0.0240. The van der Waals surface area contributed by atoms with Crippen LogP contribution in [0.4, 0.5) is 28.4 Å². The average molecular weight is 1160 g/mol. The van der Waals surface area contributed by atoms with Crippen LogP contribution in [0.5, 0.6) is 23.0 Å². The Morgan fingerprint density at radius 2 is 1.40 bits per heavy atom. The highest BCUT2D eigenvalue weighted by Gasteiger charge is 2.39. The number of methoxy groups -OCH3 is 3. The van der Waals surface area contributed by atoms with Gasteiger partial charge in [0.15, 0.2) is 23.0 Å². The quantitative estimate of drug-likeness (QED) is 0.0215. The topological polar surface area (TPSA) is 197 Å². The van der Waals surface area contributed by atoms with Crippen LogP contribution in [0.25, 0.3) is 0 Å². The molecule has 434 valence electrons. The van der Waals surface area contributed by atoms with Crippen molar-refractivity contribution in [3.8, 4) is 23.0 Å². The molecule has 0 spiro atoms. The average Bonchev–Trinajstić information content (AvgIpc) is 4.23. The van der Waals surface area contributed by atoms with Crippen LogP contribution < -0.4 is 39.0 Å². The van der Waals surface area contributed by atoms with E-state index < -0.39 is 11.9 Å². The molecule has 1 N–H and O–H groups in total. The monoisotopic (exact) mass is 1160 g/mol. The standard InChI is InChI=1S/C61H70N6O13S2/c1-7-57(69)65(39-68)80-58(70)17-12-24-81-82-61(2,3)38-64(18-19-76-22-23-77-21-20-73-4)44-26-40(36-78-55-32-49-47(30-53(55)74-5)59(71)66-45(34-62-49)28-42-13-8-10-15-51(42)66)25-41(27-44)37-79-56-33-50-48(31-54(56)75-6)60(72)67-46(35-63-50)29-43-14-9-11-16-52(43)67/h8-11,13-16,25-27,30-34,39,45-46,63H,7,12,17-24,28-29,35-38H2,1-6H3/t45-,46-/m0/s1. The highest BCUT2D eigenvalue weighted by molar-refractivity contribution is 8.77. The zero-order chi connectivity index (χ0) is 57.8. The van der Waals surface area contributed by atoms with Gasteiger partial charge in [0.2, 0.25) is 0 Å². The molecule has 4 amide bonds. The van der Waals surface area contributed by atoms with Crippen LogP contribution in [-0.2, 0) is 59.5 Å². The highest BCUT2D eigenvalue weighted by atomic mass is 33.1. The number of nitrogens with zero attached hydrogens (tertiary/aromatic N) is 5. The summed E-state index contributed by atoms with van der Waals surface area (Å²) in [5.74, 6) is 0.731. The molecule has 2 atom stereocenters. The van der Waals surface area contributed by atoms with E-state index in [0.29, 0.717) is 122 Å². The summed E-state index contributed by atoms with van der Waals surface area (Å²) in [5, 5.41) is 3.98.